The molecule has 7 atom stereocenters. The molecule has 582 valence electrons. The lowest BCUT2D eigenvalue weighted by atomic mass is 9.99. The van der Waals surface area contributed by atoms with Crippen LogP contribution >= 0.6 is 0 Å². The van der Waals surface area contributed by atoms with E-state index in [0.717, 1.165) is 51.4 Å². The molecule has 0 radical (unpaired) electrons. The molecule has 0 spiro atoms. The van der Waals surface area contributed by atoms with E-state index in [2.05, 4.69) is 19.2 Å². The number of unbranched alkanes of at least 4 members (excludes halogenated alkanes) is 66. The average molecular weight is 1390 g/mol. The highest BCUT2D eigenvalue weighted by Gasteiger charge is 2.44. The van der Waals surface area contributed by atoms with Gasteiger partial charge in [0.1, 0.15) is 24.4 Å². The number of carbonyl (C=O) groups is 2. The van der Waals surface area contributed by atoms with Crippen molar-refractivity contribution < 1.29 is 49.3 Å². The number of esters is 1. The monoisotopic (exact) mass is 1390 g/mol. The van der Waals surface area contributed by atoms with Gasteiger partial charge in [-0.1, -0.05) is 437 Å². The molecule has 1 aliphatic rings. The quantitative estimate of drug-likeness (QED) is 0.0195. The Balaban J connectivity index is 1.83. The molecule has 0 saturated carbocycles. The van der Waals surface area contributed by atoms with E-state index in [0.29, 0.717) is 19.4 Å². The van der Waals surface area contributed by atoms with Crippen molar-refractivity contribution in [2.45, 2.75) is 513 Å². The minimum absolute atomic E-state index is 0.0246. The highest BCUT2D eigenvalue weighted by Crippen LogP contribution is 2.25. The van der Waals surface area contributed by atoms with Crippen LogP contribution in [0.3, 0.4) is 0 Å². The number of carbonyl (C=O) groups excluding carboxylic acids is 2. The Morgan fingerprint density at radius 1 is 0.367 bits per heavy atom. The van der Waals surface area contributed by atoms with Crippen molar-refractivity contribution in [3.8, 4) is 0 Å². The van der Waals surface area contributed by atoms with Crippen LogP contribution in [0.4, 0.5) is 0 Å². The zero-order chi connectivity index (χ0) is 70.8. The summed E-state index contributed by atoms with van der Waals surface area (Å²) in [4.78, 5) is 25.2. The van der Waals surface area contributed by atoms with Gasteiger partial charge in [0.15, 0.2) is 6.29 Å². The first kappa shape index (κ1) is 94.4. The van der Waals surface area contributed by atoms with Gasteiger partial charge in [-0.2, -0.15) is 0 Å². The number of nitrogens with one attached hydrogen (secondary N) is 1. The minimum atomic E-state index is -1.57. The number of allylic oxidation sites excluding steroid dienone is 1. The predicted molar refractivity (Wildman–Crippen MR) is 417 cm³/mol. The summed E-state index contributed by atoms with van der Waals surface area (Å²) >= 11 is 0. The van der Waals surface area contributed by atoms with Gasteiger partial charge in [-0.05, 0) is 32.1 Å². The summed E-state index contributed by atoms with van der Waals surface area (Å²) in [6.07, 6.45) is 88.6. The van der Waals surface area contributed by atoms with E-state index in [9.17, 15) is 35.1 Å². The second-order valence-corrected chi connectivity index (χ2v) is 31.0. The van der Waals surface area contributed by atoms with Crippen molar-refractivity contribution in [1.29, 1.82) is 0 Å². The first-order valence-electron chi connectivity index (χ1n) is 44.0. The maximum atomic E-state index is 13.1. The van der Waals surface area contributed by atoms with E-state index >= 15 is 0 Å². The Bertz CT molecular complexity index is 1630. The number of aliphatic hydroxyl groups is 5. The van der Waals surface area contributed by atoms with Crippen LogP contribution in [0.25, 0.3) is 0 Å². The summed E-state index contributed by atoms with van der Waals surface area (Å²) in [5, 5.41) is 54.6. The van der Waals surface area contributed by atoms with Crippen LogP contribution in [-0.2, 0) is 23.8 Å². The molecule has 0 bridgehead atoms. The molecule has 6 N–H and O–H groups in total. The molecule has 1 saturated heterocycles. The van der Waals surface area contributed by atoms with Gasteiger partial charge in [0.05, 0.1) is 32.0 Å². The first-order valence-corrected chi connectivity index (χ1v) is 44.0. The zero-order valence-electron chi connectivity index (χ0n) is 65.3. The fourth-order valence-electron chi connectivity index (χ4n) is 14.6. The third kappa shape index (κ3) is 64.0. The summed E-state index contributed by atoms with van der Waals surface area (Å²) in [6, 6.07) is -0.804. The van der Waals surface area contributed by atoms with Crippen molar-refractivity contribution in [2.24, 2.45) is 0 Å². The SMILES string of the molecule is CCCCCCCCCCCC/C=C/C(O)C(COC1OC(CO)C(O)C(O)C1O)NC(=O)CCCCCCCCCCCCCCCCCCCCCCCCCCCCCCCCCCCCCCCCCOC(=O)CCCCCCCCCCCCCCCCCCCCC. The van der Waals surface area contributed by atoms with Gasteiger partial charge in [-0.25, -0.2) is 0 Å². The Labute approximate surface area is 608 Å². The minimum Gasteiger partial charge on any atom is -0.466 e. The summed E-state index contributed by atoms with van der Waals surface area (Å²) in [7, 11) is 0. The Kier molecular flexibility index (Phi) is 73.7. The van der Waals surface area contributed by atoms with Crippen LogP contribution in [0.15, 0.2) is 12.2 Å². The van der Waals surface area contributed by atoms with Crippen molar-refractivity contribution >= 4 is 11.9 Å². The molecular formula is C87H169NO10. The van der Waals surface area contributed by atoms with E-state index in [1.165, 1.54) is 392 Å². The largest absolute Gasteiger partial charge is 0.466 e. The molecule has 0 aromatic rings. The maximum absolute atomic E-state index is 13.1. The van der Waals surface area contributed by atoms with Crippen LogP contribution in [0.5, 0.6) is 0 Å². The Morgan fingerprint density at radius 2 is 0.643 bits per heavy atom. The maximum Gasteiger partial charge on any atom is 0.305 e. The van der Waals surface area contributed by atoms with Crippen molar-refractivity contribution in [2.75, 3.05) is 19.8 Å². The van der Waals surface area contributed by atoms with Crippen LogP contribution in [-0.4, -0.2) is 100 Å². The molecular weight excluding hydrogens is 1220 g/mol. The molecule has 11 heteroatoms. The van der Waals surface area contributed by atoms with E-state index in [-0.39, 0.29) is 18.5 Å². The fraction of sp³-hybridized carbons (Fsp3) is 0.954. The third-order valence-corrected chi connectivity index (χ3v) is 21.4. The van der Waals surface area contributed by atoms with Gasteiger partial charge >= 0.3 is 5.97 Å². The topological polar surface area (TPSA) is 175 Å². The lowest BCUT2D eigenvalue weighted by Gasteiger charge is -2.40. The molecule has 1 rings (SSSR count). The summed E-state index contributed by atoms with van der Waals surface area (Å²) < 4.78 is 16.8. The molecule has 98 heavy (non-hydrogen) atoms. The predicted octanol–water partition coefficient (Wildman–Crippen LogP) is 24.5. The Morgan fingerprint density at radius 3 is 0.949 bits per heavy atom. The van der Waals surface area contributed by atoms with E-state index < -0.39 is 49.5 Å². The van der Waals surface area contributed by atoms with E-state index in [1.54, 1.807) is 6.08 Å². The van der Waals surface area contributed by atoms with Gasteiger partial charge in [0.2, 0.25) is 5.91 Å². The molecule has 0 aromatic carbocycles. The third-order valence-electron chi connectivity index (χ3n) is 21.4. The fourth-order valence-corrected chi connectivity index (χ4v) is 14.6. The van der Waals surface area contributed by atoms with Crippen LogP contribution in [0.2, 0.25) is 0 Å². The lowest BCUT2D eigenvalue weighted by Crippen LogP contribution is -2.60. The number of hydrogen-bond acceptors (Lipinski definition) is 10. The van der Waals surface area contributed by atoms with Gasteiger partial charge in [-0.15, -0.1) is 0 Å². The van der Waals surface area contributed by atoms with Crippen molar-refractivity contribution in [3.05, 3.63) is 12.2 Å². The molecule has 11 nitrogen and oxygen atoms in total. The van der Waals surface area contributed by atoms with Gasteiger partial charge in [0, 0.05) is 12.8 Å². The highest BCUT2D eigenvalue weighted by molar-refractivity contribution is 5.76. The molecule has 1 fully saturated rings. The standard InChI is InChI=1S/C87H169NO10/c1-3-5-7-9-11-13-15-17-18-19-41-45-48-51-55-59-63-67-71-75-83(92)96-76-72-68-64-60-56-52-49-46-43-40-38-36-34-32-30-28-26-24-22-20-21-23-25-27-29-31-33-35-37-39-42-44-47-50-54-58-62-66-70-74-82(91)88-79(78-97-87-86(95)85(94)84(93)81(77-89)98-87)80(90)73-69-65-61-57-53-16-14-12-10-8-6-4-2/h69,73,79-81,84-87,89-90,93-95H,3-68,70-72,74-78H2,1-2H3,(H,88,91)/b73-69+. The normalized spacial score (nSPS) is 17.2. The van der Waals surface area contributed by atoms with Gasteiger partial charge < -0.3 is 45.1 Å². The second-order valence-electron chi connectivity index (χ2n) is 31.0. The van der Waals surface area contributed by atoms with Crippen LogP contribution in [0, 0.1) is 0 Å². The average Bonchev–Trinajstić information content (AvgIpc) is 0.824. The smallest absolute Gasteiger partial charge is 0.305 e. The molecule has 0 aromatic heterocycles. The molecule has 1 amide bonds. The van der Waals surface area contributed by atoms with Gasteiger partial charge in [0.25, 0.3) is 0 Å². The number of amides is 1. The second kappa shape index (κ2) is 76.5. The lowest BCUT2D eigenvalue weighted by molar-refractivity contribution is -0.302. The highest BCUT2D eigenvalue weighted by atomic mass is 16.7. The first-order chi connectivity index (χ1) is 48.2. The summed E-state index contributed by atoms with van der Waals surface area (Å²) in [6.45, 7) is 4.42. The van der Waals surface area contributed by atoms with E-state index in [4.69, 9.17) is 14.2 Å². The summed E-state index contributed by atoms with van der Waals surface area (Å²) in [5.74, 6) is -0.148. The van der Waals surface area contributed by atoms with Crippen LogP contribution < -0.4 is 5.32 Å². The van der Waals surface area contributed by atoms with Gasteiger partial charge in [-0.3, -0.25) is 9.59 Å². The number of ether oxygens (including phenoxy) is 3. The Hall–Kier alpha value is -1.60. The zero-order valence-corrected chi connectivity index (χ0v) is 65.3. The number of aliphatic hydroxyl groups excluding tert-OH is 5. The number of rotatable bonds is 80. The summed E-state index contributed by atoms with van der Waals surface area (Å²) in [5.41, 5.74) is 0. The van der Waals surface area contributed by atoms with E-state index in [1.807, 2.05) is 6.08 Å². The van der Waals surface area contributed by atoms with Crippen molar-refractivity contribution in [3.63, 3.8) is 0 Å². The molecule has 7 unspecified atom stereocenters. The number of hydrogen-bond donors (Lipinski definition) is 6. The van der Waals surface area contributed by atoms with Crippen molar-refractivity contribution in [1.82, 2.24) is 5.32 Å². The van der Waals surface area contributed by atoms with Crippen LogP contribution in [0.1, 0.15) is 470 Å². The molecule has 1 aliphatic heterocycles. The molecule has 0 aliphatic carbocycles. The molecule has 1 heterocycles.